The fourth-order valence-corrected chi connectivity index (χ4v) is 2.30. The lowest BCUT2D eigenvalue weighted by Crippen LogP contribution is -2.15. The summed E-state index contributed by atoms with van der Waals surface area (Å²) in [5.41, 5.74) is 2.55. The van der Waals surface area contributed by atoms with Crippen LogP contribution in [0, 0.1) is 18.3 Å². The first-order valence-corrected chi connectivity index (χ1v) is 8.13. The topological polar surface area (TPSA) is 103 Å². The second-order valence-electron chi connectivity index (χ2n) is 5.73. The lowest BCUT2D eigenvalue weighted by Gasteiger charge is -2.11. The van der Waals surface area contributed by atoms with E-state index in [-0.39, 0.29) is 11.5 Å². The minimum absolute atomic E-state index is 0.108. The van der Waals surface area contributed by atoms with Crippen molar-refractivity contribution in [3.63, 3.8) is 0 Å². The molecule has 0 aliphatic rings. The molecule has 0 radical (unpaired) electrons. The largest absolute Gasteiger partial charge is 0.495 e. The first kappa shape index (κ1) is 19.5. The van der Waals surface area contributed by atoms with Crippen molar-refractivity contribution in [1.29, 1.82) is 5.26 Å². The average Bonchev–Trinajstić information content (AvgIpc) is 2.62. The number of nitrogens with one attached hydrogen (secondary N) is 3. The van der Waals surface area contributed by atoms with Crippen molar-refractivity contribution in [3.8, 4) is 11.8 Å². The van der Waals surface area contributed by atoms with Crippen LogP contribution in [0.1, 0.15) is 12.5 Å². The average molecular weight is 364 g/mol. The highest BCUT2D eigenvalue weighted by atomic mass is 16.5. The van der Waals surface area contributed by atoms with Gasteiger partial charge in [-0.2, -0.15) is 5.26 Å². The van der Waals surface area contributed by atoms with Crippen LogP contribution in [0.4, 0.5) is 17.1 Å². The molecule has 0 atom stereocenters. The number of benzene rings is 2. The first-order chi connectivity index (χ1) is 12.9. The Kier molecular flexibility index (Phi) is 6.55. The van der Waals surface area contributed by atoms with E-state index in [1.165, 1.54) is 20.2 Å². The molecule has 0 bridgehead atoms. The molecule has 2 rings (SSSR count). The molecule has 0 saturated carbocycles. The van der Waals surface area contributed by atoms with Crippen molar-refractivity contribution in [2.24, 2.45) is 0 Å². The van der Waals surface area contributed by atoms with E-state index in [0.29, 0.717) is 22.8 Å². The minimum atomic E-state index is -0.563. The van der Waals surface area contributed by atoms with Gasteiger partial charge in [-0.15, -0.1) is 0 Å². The van der Waals surface area contributed by atoms with Gasteiger partial charge >= 0.3 is 0 Å². The van der Waals surface area contributed by atoms with E-state index in [9.17, 15) is 14.9 Å². The van der Waals surface area contributed by atoms with Crippen LogP contribution in [0.3, 0.4) is 0 Å². The molecule has 27 heavy (non-hydrogen) atoms. The number of nitrogens with zero attached hydrogens (tertiary/aromatic N) is 1. The fraction of sp³-hybridized carbons (Fsp3) is 0.150. The van der Waals surface area contributed by atoms with E-state index < -0.39 is 5.91 Å². The maximum Gasteiger partial charge on any atom is 0.267 e. The van der Waals surface area contributed by atoms with E-state index in [0.717, 1.165) is 5.56 Å². The molecule has 0 spiro atoms. The molecule has 2 aromatic rings. The number of nitriles is 1. The predicted molar refractivity (Wildman–Crippen MR) is 104 cm³/mol. The summed E-state index contributed by atoms with van der Waals surface area (Å²) in [6.45, 7) is 3.30. The van der Waals surface area contributed by atoms with E-state index in [4.69, 9.17) is 4.74 Å². The Morgan fingerprint density at radius 2 is 1.85 bits per heavy atom. The molecule has 3 N–H and O–H groups in total. The number of amides is 2. The van der Waals surface area contributed by atoms with Gasteiger partial charge in [0.25, 0.3) is 5.91 Å². The number of anilines is 3. The van der Waals surface area contributed by atoms with Gasteiger partial charge in [0.05, 0.1) is 12.8 Å². The third-order valence-electron chi connectivity index (χ3n) is 3.53. The monoisotopic (exact) mass is 364 g/mol. The quantitative estimate of drug-likeness (QED) is 0.538. The number of carbonyl (C=O) groups excluding carboxylic acids is 2. The van der Waals surface area contributed by atoms with Crippen LogP contribution in [0.15, 0.2) is 54.2 Å². The summed E-state index contributed by atoms with van der Waals surface area (Å²) in [6, 6.07) is 14.1. The first-order valence-electron chi connectivity index (χ1n) is 8.13. The number of hydrogen-bond acceptors (Lipinski definition) is 5. The summed E-state index contributed by atoms with van der Waals surface area (Å²) in [4.78, 5) is 23.5. The Morgan fingerprint density at radius 3 is 2.52 bits per heavy atom. The minimum Gasteiger partial charge on any atom is -0.495 e. The Bertz CT molecular complexity index is 929. The molecule has 2 amide bonds. The molecule has 138 valence electrons. The van der Waals surface area contributed by atoms with Gasteiger partial charge in [-0.25, -0.2) is 0 Å². The predicted octanol–water partition coefficient (Wildman–Crippen LogP) is 3.42. The number of methoxy groups -OCH3 is 1. The van der Waals surface area contributed by atoms with Gasteiger partial charge in [0.15, 0.2) is 0 Å². The summed E-state index contributed by atoms with van der Waals surface area (Å²) < 4.78 is 5.22. The number of ether oxygens (including phenoxy) is 1. The summed E-state index contributed by atoms with van der Waals surface area (Å²) in [5, 5.41) is 17.5. The highest BCUT2D eigenvalue weighted by Crippen LogP contribution is 2.25. The van der Waals surface area contributed by atoms with Crippen LogP contribution in [-0.4, -0.2) is 18.9 Å². The fourth-order valence-electron chi connectivity index (χ4n) is 2.30. The third-order valence-corrected chi connectivity index (χ3v) is 3.53. The maximum absolute atomic E-state index is 12.4. The highest BCUT2D eigenvalue weighted by molar-refractivity contribution is 6.07. The SMILES string of the molecule is COc1ccc(C)cc1NC(=O)/C(C#N)=C\Nc1cccc(NC(C)=O)c1. The molecule has 0 heterocycles. The zero-order valence-corrected chi connectivity index (χ0v) is 15.3. The van der Waals surface area contributed by atoms with Crippen LogP contribution >= 0.6 is 0 Å². The Morgan fingerprint density at radius 1 is 1.11 bits per heavy atom. The van der Waals surface area contributed by atoms with Crippen molar-refractivity contribution >= 4 is 28.9 Å². The van der Waals surface area contributed by atoms with Crippen LogP contribution in [-0.2, 0) is 9.59 Å². The standard InChI is InChI=1S/C20H20N4O3/c1-13-7-8-19(27-3)18(9-13)24-20(26)15(11-21)12-22-16-5-4-6-17(10-16)23-14(2)25/h4-10,12,22H,1-3H3,(H,23,25)(H,24,26)/b15-12-. The smallest absolute Gasteiger partial charge is 0.267 e. The Labute approximate surface area is 157 Å². The molecule has 7 nitrogen and oxygen atoms in total. The van der Waals surface area contributed by atoms with Crippen molar-refractivity contribution in [2.75, 3.05) is 23.1 Å². The summed E-state index contributed by atoms with van der Waals surface area (Å²) in [5.74, 6) is -0.249. The van der Waals surface area contributed by atoms with Gasteiger partial charge in [0, 0.05) is 24.5 Å². The molecule has 0 fully saturated rings. The van der Waals surface area contributed by atoms with Gasteiger partial charge in [-0.1, -0.05) is 12.1 Å². The lowest BCUT2D eigenvalue weighted by atomic mass is 10.2. The molecule has 0 aliphatic heterocycles. The zero-order chi connectivity index (χ0) is 19.8. The van der Waals surface area contributed by atoms with Gasteiger partial charge in [0.1, 0.15) is 17.4 Å². The zero-order valence-electron chi connectivity index (χ0n) is 15.3. The second-order valence-corrected chi connectivity index (χ2v) is 5.73. The summed E-state index contributed by atoms with van der Waals surface area (Å²) in [7, 11) is 1.50. The number of hydrogen-bond donors (Lipinski definition) is 3. The van der Waals surface area contributed by atoms with Crippen LogP contribution < -0.4 is 20.7 Å². The molecular weight excluding hydrogens is 344 g/mol. The summed E-state index contributed by atoms with van der Waals surface area (Å²) in [6.07, 6.45) is 1.31. The maximum atomic E-state index is 12.4. The van der Waals surface area contributed by atoms with E-state index in [2.05, 4.69) is 16.0 Å². The van der Waals surface area contributed by atoms with Gasteiger partial charge < -0.3 is 20.7 Å². The van der Waals surface area contributed by atoms with Gasteiger partial charge in [0.2, 0.25) is 5.91 Å². The van der Waals surface area contributed by atoms with E-state index in [1.807, 2.05) is 19.1 Å². The van der Waals surface area contributed by atoms with Crippen LogP contribution in [0.25, 0.3) is 0 Å². The van der Waals surface area contributed by atoms with Gasteiger partial charge in [-0.05, 0) is 42.8 Å². The number of aryl methyl sites for hydroxylation is 1. The van der Waals surface area contributed by atoms with Crippen molar-refractivity contribution in [2.45, 2.75) is 13.8 Å². The molecular formula is C20H20N4O3. The Hall–Kier alpha value is -3.79. The molecule has 0 aromatic heterocycles. The molecule has 0 saturated heterocycles. The molecule has 0 unspecified atom stereocenters. The van der Waals surface area contributed by atoms with Crippen molar-refractivity contribution < 1.29 is 14.3 Å². The highest BCUT2D eigenvalue weighted by Gasteiger charge is 2.12. The normalized spacial score (nSPS) is 10.5. The molecule has 7 heteroatoms. The summed E-state index contributed by atoms with van der Waals surface area (Å²) >= 11 is 0. The third kappa shape index (κ3) is 5.61. The number of carbonyl (C=O) groups is 2. The van der Waals surface area contributed by atoms with Crippen molar-refractivity contribution in [1.82, 2.24) is 0 Å². The van der Waals surface area contributed by atoms with Gasteiger partial charge in [-0.3, -0.25) is 9.59 Å². The van der Waals surface area contributed by atoms with E-state index in [1.54, 1.807) is 36.4 Å². The Balaban J connectivity index is 2.14. The van der Waals surface area contributed by atoms with Crippen LogP contribution in [0.5, 0.6) is 5.75 Å². The molecule has 0 aliphatic carbocycles. The van der Waals surface area contributed by atoms with Crippen LogP contribution in [0.2, 0.25) is 0 Å². The number of rotatable bonds is 6. The second kappa shape index (κ2) is 9.06. The molecule has 2 aromatic carbocycles. The van der Waals surface area contributed by atoms with E-state index >= 15 is 0 Å². The van der Waals surface area contributed by atoms with Crippen molar-refractivity contribution in [3.05, 3.63) is 59.8 Å². The lowest BCUT2D eigenvalue weighted by molar-refractivity contribution is -0.114.